The number of fused-ring (bicyclic) bond motifs is 1. The van der Waals surface area contributed by atoms with Crippen molar-refractivity contribution in [2.75, 3.05) is 11.4 Å². The first-order chi connectivity index (χ1) is 18.1. The standard InChI is InChI=1S/C29H34FN5O2S/c1-19(30)10-13-27(36)35(16-8-6-7-9-26-33-28(34-37-26)29(3,4)5)25-18-22(14-15-31-25)21-11-12-23-24(17-21)38-20(2)32-23/h11-12,14-15,17-18H,1,6-10,13,16H2,2-5H3. The van der Waals surface area contributed by atoms with Crippen LogP contribution in [0.2, 0.25) is 0 Å². The van der Waals surface area contributed by atoms with Gasteiger partial charge in [0, 0.05) is 37.4 Å². The maximum Gasteiger partial charge on any atom is 0.228 e. The van der Waals surface area contributed by atoms with Gasteiger partial charge in [-0.05, 0) is 55.2 Å². The molecule has 0 atom stereocenters. The van der Waals surface area contributed by atoms with Crippen LogP contribution in [0.5, 0.6) is 0 Å². The number of halogens is 1. The van der Waals surface area contributed by atoms with Gasteiger partial charge in [-0.1, -0.05) is 45.0 Å². The molecule has 1 aromatic carbocycles. The van der Waals surface area contributed by atoms with E-state index in [1.165, 1.54) is 0 Å². The van der Waals surface area contributed by atoms with Gasteiger partial charge in [0.05, 0.1) is 21.1 Å². The lowest BCUT2D eigenvalue weighted by Gasteiger charge is -2.22. The molecule has 0 aliphatic heterocycles. The summed E-state index contributed by atoms with van der Waals surface area (Å²) in [6.07, 6.45) is 4.94. The molecule has 0 fully saturated rings. The summed E-state index contributed by atoms with van der Waals surface area (Å²) in [7, 11) is 0. The molecule has 1 amide bonds. The molecule has 38 heavy (non-hydrogen) atoms. The van der Waals surface area contributed by atoms with Gasteiger partial charge in [0.15, 0.2) is 5.82 Å². The second kappa shape index (κ2) is 11.9. The number of pyridine rings is 1. The summed E-state index contributed by atoms with van der Waals surface area (Å²) in [6.45, 7) is 11.9. The number of carbonyl (C=O) groups excluding carboxylic acids is 1. The van der Waals surface area contributed by atoms with Crippen molar-refractivity contribution in [3.63, 3.8) is 0 Å². The Labute approximate surface area is 226 Å². The Morgan fingerprint density at radius 1 is 1.08 bits per heavy atom. The first kappa shape index (κ1) is 27.6. The molecule has 0 aliphatic rings. The lowest BCUT2D eigenvalue weighted by molar-refractivity contribution is -0.118. The van der Waals surface area contributed by atoms with E-state index in [1.54, 1.807) is 22.4 Å². The maximum absolute atomic E-state index is 13.3. The number of thiazole rings is 1. The molecule has 3 heterocycles. The van der Waals surface area contributed by atoms with E-state index >= 15 is 0 Å². The van der Waals surface area contributed by atoms with Gasteiger partial charge < -0.3 is 4.52 Å². The van der Waals surface area contributed by atoms with E-state index in [2.05, 4.69) is 32.8 Å². The summed E-state index contributed by atoms with van der Waals surface area (Å²) in [5.74, 6) is 1.22. The number of aromatic nitrogens is 4. The molecule has 0 bridgehead atoms. The number of benzene rings is 1. The van der Waals surface area contributed by atoms with Crippen LogP contribution in [-0.2, 0) is 16.6 Å². The molecule has 0 saturated heterocycles. The van der Waals surface area contributed by atoms with Gasteiger partial charge >= 0.3 is 0 Å². The van der Waals surface area contributed by atoms with Gasteiger partial charge in [-0.2, -0.15) is 4.98 Å². The summed E-state index contributed by atoms with van der Waals surface area (Å²) in [6, 6.07) is 10.0. The molecular weight excluding hydrogens is 501 g/mol. The van der Waals surface area contributed by atoms with Crippen LogP contribution >= 0.6 is 11.3 Å². The number of amides is 1. The zero-order chi connectivity index (χ0) is 27.3. The fraction of sp³-hybridized carbons (Fsp3) is 0.414. The van der Waals surface area contributed by atoms with Gasteiger partial charge in [-0.25, -0.2) is 14.4 Å². The van der Waals surface area contributed by atoms with Crippen LogP contribution in [0, 0.1) is 6.92 Å². The van der Waals surface area contributed by atoms with Gasteiger partial charge in [0.1, 0.15) is 5.82 Å². The zero-order valence-electron chi connectivity index (χ0n) is 22.5. The highest BCUT2D eigenvalue weighted by molar-refractivity contribution is 7.18. The lowest BCUT2D eigenvalue weighted by atomic mass is 9.96. The van der Waals surface area contributed by atoms with Crippen molar-refractivity contribution < 1.29 is 13.7 Å². The van der Waals surface area contributed by atoms with E-state index in [4.69, 9.17) is 4.52 Å². The number of anilines is 1. The van der Waals surface area contributed by atoms with Crippen molar-refractivity contribution in [2.45, 2.75) is 71.6 Å². The quantitative estimate of drug-likeness (QED) is 0.187. The fourth-order valence-corrected chi connectivity index (χ4v) is 4.96. The highest BCUT2D eigenvalue weighted by atomic mass is 32.1. The van der Waals surface area contributed by atoms with Crippen LogP contribution in [0.3, 0.4) is 0 Å². The second-order valence-electron chi connectivity index (χ2n) is 10.5. The number of allylic oxidation sites excluding steroid dienone is 1. The molecule has 200 valence electrons. The predicted molar refractivity (Wildman–Crippen MR) is 150 cm³/mol. The van der Waals surface area contributed by atoms with Crippen LogP contribution in [0.15, 0.2) is 53.5 Å². The van der Waals surface area contributed by atoms with Crippen LogP contribution in [-0.4, -0.2) is 32.6 Å². The van der Waals surface area contributed by atoms with E-state index in [9.17, 15) is 9.18 Å². The van der Waals surface area contributed by atoms with E-state index in [0.29, 0.717) is 30.5 Å². The van der Waals surface area contributed by atoms with Crippen LogP contribution in [0.4, 0.5) is 10.2 Å². The zero-order valence-corrected chi connectivity index (χ0v) is 23.3. The first-order valence-electron chi connectivity index (χ1n) is 12.9. The molecule has 7 nitrogen and oxygen atoms in total. The van der Waals surface area contributed by atoms with Gasteiger partial charge in [-0.3, -0.25) is 9.69 Å². The smallest absolute Gasteiger partial charge is 0.228 e. The fourth-order valence-electron chi connectivity index (χ4n) is 4.09. The molecule has 0 saturated carbocycles. The van der Waals surface area contributed by atoms with Crippen LogP contribution in [0.25, 0.3) is 21.3 Å². The largest absolute Gasteiger partial charge is 0.339 e. The molecule has 0 unspecified atom stereocenters. The number of hydrogen-bond acceptors (Lipinski definition) is 7. The third-order valence-corrected chi connectivity index (χ3v) is 7.11. The number of carbonyl (C=O) groups is 1. The van der Waals surface area contributed by atoms with Gasteiger partial charge in [0.2, 0.25) is 11.8 Å². The summed E-state index contributed by atoms with van der Waals surface area (Å²) < 4.78 is 19.8. The SMILES string of the molecule is C=C(F)CCC(=O)N(CCCCCc1nc(C(C)(C)C)no1)c1cc(-c2ccc3nc(C)sc3c2)ccn1. The number of rotatable bonds is 11. The topological polar surface area (TPSA) is 85.0 Å². The molecule has 4 rings (SSSR count). The normalized spacial score (nSPS) is 11.7. The Balaban J connectivity index is 1.44. The van der Waals surface area contributed by atoms with Crippen molar-refractivity contribution in [2.24, 2.45) is 0 Å². The number of aryl methyl sites for hydroxylation is 2. The number of unbranched alkanes of at least 4 members (excludes halogenated alkanes) is 2. The van der Waals surface area contributed by atoms with Crippen molar-refractivity contribution >= 4 is 33.3 Å². The summed E-state index contributed by atoms with van der Waals surface area (Å²) in [5, 5.41) is 5.10. The van der Waals surface area contributed by atoms with Crippen molar-refractivity contribution in [3.05, 3.63) is 65.7 Å². The Kier molecular flexibility index (Phi) is 8.66. The third kappa shape index (κ3) is 7.10. The molecule has 9 heteroatoms. The van der Waals surface area contributed by atoms with E-state index in [0.717, 1.165) is 45.6 Å². The Morgan fingerprint density at radius 3 is 2.61 bits per heavy atom. The van der Waals surface area contributed by atoms with Crippen LogP contribution < -0.4 is 4.90 Å². The predicted octanol–water partition coefficient (Wildman–Crippen LogP) is 7.36. The summed E-state index contributed by atoms with van der Waals surface area (Å²) >= 11 is 1.65. The summed E-state index contributed by atoms with van der Waals surface area (Å²) in [5.41, 5.74) is 2.81. The van der Waals surface area contributed by atoms with Crippen molar-refractivity contribution in [1.82, 2.24) is 20.1 Å². The highest BCUT2D eigenvalue weighted by Crippen LogP contribution is 2.30. The van der Waals surface area contributed by atoms with Crippen molar-refractivity contribution in [3.8, 4) is 11.1 Å². The minimum absolute atomic E-state index is 0.00366. The Bertz CT molecular complexity index is 1420. The molecule has 4 aromatic rings. The molecule has 0 N–H and O–H groups in total. The second-order valence-corrected chi connectivity index (χ2v) is 11.7. The first-order valence-corrected chi connectivity index (χ1v) is 13.7. The minimum Gasteiger partial charge on any atom is -0.339 e. The molecule has 3 aromatic heterocycles. The van der Waals surface area contributed by atoms with E-state index in [-0.39, 0.29) is 24.2 Å². The number of hydrogen-bond donors (Lipinski definition) is 0. The van der Waals surface area contributed by atoms with E-state index in [1.807, 2.05) is 52.0 Å². The molecule has 0 spiro atoms. The average Bonchev–Trinajstić information content (AvgIpc) is 3.50. The molecular formula is C29H34FN5O2S. The maximum atomic E-state index is 13.3. The molecule has 0 aliphatic carbocycles. The average molecular weight is 536 g/mol. The monoisotopic (exact) mass is 535 g/mol. The van der Waals surface area contributed by atoms with Gasteiger partial charge in [-0.15, -0.1) is 11.3 Å². The van der Waals surface area contributed by atoms with Gasteiger partial charge in [0.25, 0.3) is 0 Å². The summed E-state index contributed by atoms with van der Waals surface area (Å²) in [4.78, 5) is 28.3. The molecule has 0 radical (unpaired) electrons. The van der Waals surface area contributed by atoms with Crippen LogP contribution in [0.1, 0.15) is 69.6 Å². The Hall–Kier alpha value is -3.46. The highest BCUT2D eigenvalue weighted by Gasteiger charge is 2.21. The number of nitrogens with zero attached hydrogens (tertiary/aromatic N) is 5. The third-order valence-electron chi connectivity index (χ3n) is 6.17. The minimum atomic E-state index is -0.498. The van der Waals surface area contributed by atoms with E-state index < -0.39 is 5.83 Å². The van der Waals surface area contributed by atoms with Crippen molar-refractivity contribution in [1.29, 1.82) is 0 Å². The Morgan fingerprint density at radius 2 is 1.87 bits per heavy atom. The lowest BCUT2D eigenvalue weighted by Crippen LogP contribution is -2.32.